The molecule has 1 atom stereocenters. The predicted octanol–water partition coefficient (Wildman–Crippen LogP) is 14.7. The van der Waals surface area contributed by atoms with Crippen LogP contribution in [0.2, 0.25) is 0 Å². The number of fused-ring (bicyclic) bond motifs is 7. The molecule has 0 spiro atoms. The van der Waals surface area contributed by atoms with E-state index in [0.29, 0.717) is 0 Å². The molecule has 10 rings (SSSR count). The molecule has 1 aromatic heterocycles. The molecule has 0 radical (unpaired) electrons. The summed E-state index contributed by atoms with van der Waals surface area (Å²) in [6, 6.07) is 54.0. The molecule has 2 heteroatoms. The Bertz CT molecular complexity index is 3000. The van der Waals surface area contributed by atoms with Crippen molar-refractivity contribution in [2.45, 2.75) is 13.3 Å². The van der Waals surface area contributed by atoms with Gasteiger partial charge in [0.2, 0.25) is 0 Å². The Morgan fingerprint density at radius 1 is 0.643 bits per heavy atom. The molecule has 0 fully saturated rings. The highest BCUT2D eigenvalue weighted by molar-refractivity contribution is 6.26. The molecule has 1 unspecified atom stereocenters. The van der Waals surface area contributed by atoms with Gasteiger partial charge in [-0.2, -0.15) is 0 Å². The molecule has 2 aliphatic rings. The van der Waals surface area contributed by atoms with Gasteiger partial charge in [-0.3, -0.25) is 4.99 Å². The normalized spacial score (nSPS) is 15.2. The summed E-state index contributed by atoms with van der Waals surface area (Å²) in [6.45, 7) is 6.71. The first-order valence-electron chi connectivity index (χ1n) is 19.4. The van der Waals surface area contributed by atoms with E-state index in [1.165, 1.54) is 44.3 Å². The lowest BCUT2D eigenvalue weighted by Crippen LogP contribution is -2.10. The molecule has 0 saturated heterocycles. The van der Waals surface area contributed by atoms with Gasteiger partial charge in [-0.05, 0) is 105 Å². The average molecular weight is 718 g/mol. The van der Waals surface area contributed by atoms with E-state index in [0.717, 1.165) is 67.4 Å². The number of rotatable bonds is 8. The summed E-state index contributed by atoms with van der Waals surface area (Å²) >= 11 is 0. The maximum atomic E-state index is 6.45. The van der Waals surface area contributed by atoms with Crippen LogP contribution in [0.15, 0.2) is 210 Å². The van der Waals surface area contributed by atoms with E-state index in [2.05, 4.69) is 183 Å². The topological polar surface area (TPSA) is 25.5 Å². The molecule has 0 aliphatic heterocycles. The minimum atomic E-state index is 0.0613. The van der Waals surface area contributed by atoms with Gasteiger partial charge in [-0.15, -0.1) is 0 Å². The third-order valence-corrected chi connectivity index (χ3v) is 11.3. The molecule has 2 aliphatic carbocycles. The van der Waals surface area contributed by atoms with Crippen LogP contribution in [0.4, 0.5) is 0 Å². The van der Waals surface area contributed by atoms with Crippen LogP contribution in [0.25, 0.3) is 77.2 Å². The summed E-state index contributed by atoms with van der Waals surface area (Å²) in [6.07, 6.45) is 13.9. The van der Waals surface area contributed by atoms with Gasteiger partial charge in [0.15, 0.2) is 0 Å². The van der Waals surface area contributed by atoms with E-state index < -0.39 is 0 Å². The van der Waals surface area contributed by atoms with Crippen molar-refractivity contribution in [3.05, 3.63) is 217 Å². The zero-order valence-electron chi connectivity index (χ0n) is 31.2. The number of benzene rings is 7. The summed E-state index contributed by atoms with van der Waals surface area (Å²) in [5, 5.41) is 4.73. The fraction of sp³-hybridized carbons (Fsp3) is 0.0556. The number of hydrogen-bond acceptors (Lipinski definition) is 2. The molecule has 8 aromatic rings. The fourth-order valence-electron chi connectivity index (χ4n) is 8.59. The van der Waals surface area contributed by atoms with Crippen LogP contribution in [0, 0.1) is 5.92 Å². The lowest BCUT2D eigenvalue weighted by Gasteiger charge is -2.24. The highest BCUT2D eigenvalue weighted by Gasteiger charge is 2.26. The second-order valence-corrected chi connectivity index (χ2v) is 14.6. The zero-order chi connectivity index (χ0) is 37.6. The number of furan rings is 1. The van der Waals surface area contributed by atoms with Crippen molar-refractivity contribution in [1.29, 1.82) is 0 Å². The first-order chi connectivity index (χ1) is 27.6. The fourth-order valence-corrected chi connectivity index (χ4v) is 8.59. The summed E-state index contributed by atoms with van der Waals surface area (Å²) in [5.74, 6) is 0.0613. The van der Waals surface area contributed by atoms with Crippen LogP contribution >= 0.6 is 0 Å². The summed E-state index contributed by atoms with van der Waals surface area (Å²) in [5.41, 5.74) is 16.7. The first kappa shape index (κ1) is 33.5. The van der Waals surface area contributed by atoms with E-state index >= 15 is 0 Å². The number of hydrogen-bond donors (Lipinski definition) is 0. The third-order valence-electron chi connectivity index (χ3n) is 11.3. The Labute approximate surface area is 327 Å². The maximum absolute atomic E-state index is 6.45. The molecule has 56 heavy (non-hydrogen) atoms. The van der Waals surface area contributed by atoms with E-state index in [9.17, 15) is 0 Å². The first-order valence-corrected chi connectivity index (χ1v) is 19.4. The molecular weight excluding hydrogens is 679 g/mol. The second kappa shape index (κ2) is 14.0. The van der Waals surface area contributed by atoms with E-state index in [1.807, 2.05) is 19.1 Å². The molecule has 0 amide bonds. The smallest absolute Gasteiger partial charge is 0.143 e. The number of aliphatic imine (C=N–C) groups is 1. The number of nitrogens with zero attached hydrogens (tertiary/aromatic N) is 1. The predicted molar refractivity (Wildman–Crippen MR) is 238 cm³/mol. The molecular formula is C54H39NO. The van der Waals surface area contributed by atoms with Crippen LogP contribution < -0.4 is 0 Å². The minimum absolute atomic E-state index is 0.0613. The minimum Gasteiger partial charge on any atom is -0.455 e. The Morgan fingerprint density at radius 3 is 2.23 bits per heavy atom. The zero-order valence-corrected chi connectivity index (χ0v) is 31.2. The highest BCUT2D eigenvalue weighted by Crippen LogP contribution is 2.51. The maximum Gasteiger partial charge on any atom is 0.143 e. The van der Waals surface area contributed by atoms with Crippen LogP contribution in [0.3, 0.4) is 0 Å². The third kappa shape index (κ3) is 5.79. The summed E-state index contributed by atoms with van der Waals surface area (Å²) < 4.78 is 6.45. The molecule has 1 heterocycles. The van der Waals surface area contributed by atoms with Crippen molar-refractivity contribution in [1.82, 2.24) is 0 Å². The van der Waals surface area contributed by atoms with Crippen LogP contribution in [0.1, 0.15) is 30.0 Å². The van der Waals surface area contributed by atoms with Gasteiger partial charge in [0.25, 0.3) is 0 Å². The van der Waals surface area contributed by atoms with Gasteiger partial charge < -0.3 is 4.42 Å². The Balaban J connectivity index is 1.06. The molecule has 0 N–H and O–H groups in total. The summed E-state index contributed by atoms with van der Waals surface area (Å²) in [4.78, 5) is 5.44. The Kier molecular flexibility index (Phi) is 8.38. The quantitative estimate of drug-likeness (QED) is 0.113. The van der Waals surface area contributed by atoms with Crippen molar-refractivity contribution < 1.29 is 4.42 Å². The van der Waals surface area contributed by atoms with Gasteiger partial charge in [0.1, 0.15) is 11.2 Å². The van der Waals surface area contributed by atoms with Gasteiger partial charge in [-0.1, -0.05) is 158 Å². The van der Waals surface area contributed by atoms with Gasteiger partial charge >= 0.3 is 0 Å². The molecule has 0 bridgehead atoms. The van der Waals surface area contributed by atoms with Gasteiger partial charge in [0.05, 0.1) is 5.71 Å². The number of para-hydroxylation sites is 1. The van der Waals surface area contributed by atoms with Crippen molar-refractivity contribution in [2.24, 2.45) is 10.9 Å². The van der Waals surface area contributed by atoms with Gasteiger partial charge in [0, 0.05) is 38.7 Å². The van der Waals surface area contributed by atoms with E-state index in [1.54, 1.807) is 0 Å². The van der Waals surface area contributed by atoms with Crippen LogP contribution in [0.5, 0.6) is 0 Å². The standard InChI is InChI=1S/C54H39NO/c1-3-16-50(37-19-8-5-9-20-37)55-51(43-24-11-10-23-41(43)36-17-6-4-7-18-36)31-35(2)38-21-14-22-39(32-38)40-29-30-42-45-26-15-27-46-53(45)48(47(42)33-40)34-49-44-25-12-13-28-52(44)56-54(46)49/h3-23,25-34,43H,2,24H2,1H3/b16-3+,51-31-,55-50+. The van der Waals surface area contributed by atoms with Crippen molar-refractivity contribution >= 4 is 49.6 Å². The van der Waals surface area contributed by atoms with Crippen molar-refractivity contribution in [2.75, 3.05) is 0 Å². The van der Waals surface area contributed by atoms with E-state index in [4.69, 9.17) is 9.41 Å². The monoisotopic (exact) mass is 717 g/mol. The average Bonchev–Trinajstić information content (AvgIpc) is 3.80. The molecule has 266 valence electrons. The van der Waals surface area contributed by atoms with Crippen LogP contribution in [-0.2, 0) is 0 Å². The lowest BCUT2D eigenvalue weighted by molar-refractivity contribution is 0.672. The second-order valence-electron chi connectivity index (χ2n) is 14.6. The largest absolute Gasteiger partial charge is 0.455 e. The lowest BCUT2D eigenvalue weighted by atomic mass is 9.83. The molecule has 7 aromatic carbocycles. The van der Waals surface area contributed by atoms with Crippen LogP contribution in [-0.4, -0.2) is 5.71 Å². The summed E-state index contributed by atoms with van der Waals surface area (Å²) in [7, 11) is 0. The highest BCUT2D eigenvalue weighted by atomic mass is 16.3. The van der Waals surface area contributed by atoms with Gasteiger partial charge in [-0.25, -0.2) is 0 Å². The van der Waals surface area contributed by atoms with E-state index in [-0.39, 0.29) is 5.92 Å². The van der Waals surface area contributed by atoms with Crippen molar-refractivity contribution in [3.8, 4) is 33.4 Å². The number of allylic oxidation sites excluding steroid dienone is 8. The van der Waals surface area contributed by atoms with Crippen molar-refractivity contribution in [3.63, 3.8) is 0 Å². The SMILES string of the molecule is C=C(\C=C(/N=C(\C=C\C)c1ccccc1)C1CC=CC=C1c1ccccc1)c1cccc(-c2ccc3c(c2)-c2cc4c5ccccc5oc4c4cccc-3c24)c1. The Hall–Kier alpha value is -7.03. The molecule has 0 saturated carbocycles. The molecule has 2 nitrogen and oxygen atoms in total. The Morgan fingerprint density at radius 2 is 1.38 bits per heavy atom.